The second-order valence-electron chi connectivity index (χ2n) is 9.04. The van der Waals surface area contributed by atoms with Crippen molar-refractivity contribution < 1.29 is 23.5 Å². The van der Waals surface area contributed by atoms with E-state index in [1.165, 1.54) is 0 Å². The van der Waals surface area contributed by atoms with Crippen molar-refractivity contribution in [2.75, 3.05) is 20.2 Å². The van der Waals surface area contributed by atoms with E-state index in [0.717, 1.165) is 66.4 Å². The van der Waals surface area contributed by atoms with Gasteiger partial charge >= 0.3 is 5.97 Å². The number of fused-ring (bicyclic) bond motifs is 1. The largest absolute Gasteiger partial charge is 0.496 e. The number of ether oxygens (including phenoxy) is 2. The number of hydrogen-bond donors (Lipinski definition) is 2. The zero-order chi connectivity index (χ0) is 24.8. The Labute approximate surface area is 192 Å². The zero-order valence-corrected chi connectivity index (χ0v) is 18.2. The van der Waals surface area contributed by atoms with Gasteiger partial charge in [-0.3, -0.25) is 4.90 Å². The van der Waals surface area contributed by atoms with Crippen molar-refractivity contribution in [2.24, 2.45) is 0 Å². The molecule has 1 aromatic heterocycles. The number of nitrogens with zero attached hydrogens (tertiary/aromatic N) is 1. The van der Waals surface area contributed by atoms with Crippen LogP contribution in [0.4, 0.5) is 0 Å². The van der Waals surface area contributed by atoms with Crippen molar-refractivity contribution in [2.45, 2.75) is 50.8 Å². The van der Waals surface area contributed by atoms with Gasteiger partial charge in [-0.15, -0.1) is 0 Å². The summed E-state index contributed by atoms with van der Waals surface area (Å²) in [4.78, 5) is 17.0. The quantitative estimate of drug-likeness (QED) is 0.583. The summed E-state index contributed by atoms with van der Waals surface area (Å²) in [6.45, 7) is 3.98. The van der Waals surface area contributed by atoms with E-state index < -0.39 is 13.0 Å². The van der Waals surface area contributed by atoms with Gasteiger partial charge in [-0.25, -0.2) is 4.79 Å². The molecule has 168 valence electrons. The minimum absolute atomic E-state index is 0.000557. The third-order valence-electron chi connectivity index (χ3n) is 7.17. The molecule has 2 aromatic carbocycles. The standard InChI is InChI=1S/C26H30N2O4/c1-17-14-23(31-2)21(20-8-11-27-24(17)20)16-28-12-10-26(9-3-13-32-26)15-22(28)18-4-6-19(7-5-18)25(29)30/h4-8,11,14,22,27H,3,9-10,12-13,15-16H2,1-2H3,(H,29,30)/t22-,26+/m0/s1/i2D3. The van der Waals surface area contributed by atoms with Crippen LogP contribution >= 0.6 is 0 Å². The number of likely N-dealkylation sites (tertiary alicyclic amines) is 1. The molecule has 0 unspecified atom stereocenters. The number of carboxylic acids is 1. The van der Waals surface area contributed by atoms with Gasteiger partial charge in [-0.2, -0.15) is 0 Å². The molecule has 0 radical (unpaired) electrons. The van der Waals surface area contributed by atoms with Gasteiger partial charge in [0.05, 0.1) is 22.3 Å². The fraction of sp³-hybridized carbons (Fsp3) is 0.423. The maximum absolute atomic E-state index is 11.4. The predicted octanol–water partition coefficient (Wildman–Crippen LogP) is 5.07. The van der Waals surface area contributed by atoms with Crippen molar-refractivity contribution in [1.29, 1.82) is 0 Å². The van der Waals surface area contributed by atoms with Crippen molar-refractivity contribution >= 4 is 16.9 Å². The van der Waals surface area contributed by atoms with Gasteiger partial charge < -0.3 is 19.6 Å². The van der Waals surface area contributed by atoms with Crippen molar-refractivity contribution in [1.82, 2.24) is 9.88 Å². The number of piperidine rings is 1. The van der Waals surface area contributed by atoms with Gasteiger partial charge in [-0.1, -0.05) is 12.1 Å². The summed E-state index contributed by atoms with van der Waals surface area (Å²) in [5.41, 5.74) is 3.84. The van der Waals surface area contributed by atoms with Crippen molar-refractivity contribution in [3.05, 3.63) is 64.8 Å². The maximum Gasteiger partial charge on any atom is 0.335 e. The van der Waals surface area contributed by atoms with Crippen LogP contribution in [-0.2, 0) is 11.3 Å². The summed E-state index contributed by atoms with van der Waals surface area (Å²) < 4.78 is 34.8. The van der Waals surface area contributed by atoms with Gasteiger partial charge in [0.1, 0.15) is 5.75 Å². The second-order valence-corrected chi connectivity index (χ2v) is 9.04. The summed E-state index contributed by atoms with van der Waals surface area (Å²) in [5.74, 6) is -0.583. The number of H-pyrrole nitrogens is 1. The Morgan fingerprint density at radius 2 is 2.19 bits per heavy atom. The van der Waals surface area contributed by atoms with Crippen LogP contribution in [0.5, 0.6) is 5.75 Å². The normalized spacial score (nSPS) is 25.5. The number of benzene rings is 2. The first-order valence-electron chi connectivity index (χ1n) is 12.6. The highest BCUT2D eigenvalue weighted by atomic mass is 16.5. The van der Waals surface area contributed by atoms with E-state index in [4.69, 9.17) is 13.6 Å². The summed E-state index contributed by atoms with van der Waals surface area (Å²) in [6.07, 6.45) is 5.62. The molecular weight excluding hydrogens is 404 g/mol. The Balaban J connectivity index is 1.53. The third-order valence-corrected chi connectivity index (χ3v) is 7.17. The van der Waals surface area contributed by atoms with E-state index in [1.807, 2.05) is 31.3 Å². The lowest BCUT2D eigenvalue weighted by molar-refractivity contribution is -0.0676. The number of carbonyl (C=O) groups is 1. The summed E-state index contributed by atoms with van der Waals surface area (Å²) in [6, 6.07) is 10.8. The number of rotatable bonds is 5. The van der Waals surface area contributed by atoms with Crippen LogP contribution in [0.25, 0.3) is 10.9 Å². The smallest absolute Gasteiger partial charge is 0.335 e. The third kappa shape index (κ3) is 3.67. The number of carboxylic acid groups (broad SMARTS) is 1. The second kappa shape index (κ2) is 8.26. The number of aromatic amines is 1. The molecule has 32 heavy (non-hydrogen) atoms. The van der Waals surface area contributed by atoms with Gasteiger partial charge in [0.15, 0.2) is 0 Å². The Kier molecular flexibility index (Phi) is 4.57. The first-order chi connectivity index (χ1) is 16.6. The average Bonchev–Trinajstić information content (AvgIpc) is 3.47. The van der Waals surface area contributed by atoms with E-state index in [-0.39, 0.29) is 17.2 Å². The fourth-order valence-corrected chi connectivity index (χ4v) is 5.46. The molecule has 0 bridgehead atoms. The highest BCUT2D eigenvalue weighted by Gasteiger charge is 2.43. The van der Waals surface area contributed by atoms with E-state index in [9.17, 15) is 9.90 Å². The molecule has 5 rings (SSSR count). The SMILES string of the molecule is [2H]C([2H])([2H])Oc1cc(C)c2[nH]ccc2c1CN1CC[C@]2(CCCO2)C[C@H]1c1ccc(C(=O)O)cc1. The lowest BCUT2D eigenvalue weighted by Gasteiger charge is -2.45. The molecule has 2 aliphatic heterocycles. The van der Waals surface area contributed by atoms with E-state index >= 15 is 0 Å². The van der Waals surface area contributed by atoms with Crippen LogP contribution in [0.15, 0.2) is 42.6 Å². The lowest BCUT2D eigenvalue weighted by atomic mass is 9.81. The van der Waals surface area contributed by atoms with Gasteiger partial charge in [-0.05, 0) is 68.0 Å². The monoisotopic (exact) mass is 437 g/mol. The lowest BCUT2D eigenvalue weighted by Crippen LogP contribution is -2.45. The predicted molar refractivity (Wildman–Crippen MR) is 123 cm³/mol. The molecule has 0 aliphatic carbocycles. The molecule has 2 atom stereocenters. The first-order valence-corrected chi connectivity index (χ1v) is 11.1. The molecule has 2 fully saturated rings. The Morgan fingerprint density at radius 3 is 2.91 bits per heavy atom. The molecule has 1 spiro atoms. The van der Waals surface area contributed by atoms with Crippen molar-refractivity contribution in [3.8, 4) is 5.75 Å². The fourth-order valence-electron chi connectivity index (χ4n) is 5.46. The Bertz CT molecular complexity index is 1230. The zero-order valence-electron chi connectivity index (χ0n) is 21.2. The molecule has 6 heteroatoms. The van der Waals surface area contributed by atoms with Crippen LogP contribution in [0.1, 0.15) is 62.9 Å². The Hall–Kier alpha value is -2.83. The summed E-state index contributed by atoms with van der Waals surface area (Å²) in [7, 11) is -2.55. The topological polar surface area (TPSA) is 74.8 Å². The molecule has 6 nitrogen and oxygen atoms in total. The number of hydrogen-bond acceptors (Lipinski definition) is 4. The van der Waals surface area contributed by atoms with Crippen LogP contribution < -0.4 is 4.74 Å². The number of nitrogens with one attached hydrogen (secondary N) is 1. The minimum atomic E-state index is -2.55. The highest BCUT2D eigenvalue weighted by Crippen LogP contribution is 2.45. The molecule has 3 heterocycles. The molecule has 2 N–H and O–H groups in total. The Morgan fingerprint density at radius 1 is 1.34 bits per heavy atom. The molecule has 0 amide bonds. The van der Waals surface area contributed by atoms with Crippen molar-refractivity contribution in [3.63, 3.8) is 0 Å². The number of aromatic nitrogens is 1. The molecular formula is C26H30N2O4. The van der Waals surface area contributed by atoms with Gasteiger partial charge in [0, 0.05) is 48.4 Å². The first kappa shape index (κ1) is 17.7. The molecule has 0 saturated carbocycles. The van der Waals surface area contributed by atoms with E-state index in [2.05, 4.69) is 9.88 Å². The summed E-state index contributed by atoms with van der Waals surface area (Å²) in [5, 5.41) is 10.3. The average molecular weight is 438 g/mol. The van der Waals surface area contributed by atoms with E-state index in [0.29, 0.717) is 12.3 Å². The van der Waals surface area contributed by atoms with Crippen LogP contribution in [-0.4, -0.2) is 46.8 Å². The van der Waals surface area contributed by atoms with Crippen LogP contribution in [0.3, 0.4) is 0 Å². The number of aromatic carboxylic acids is 1. The molecule has 2 saturated heterocycles. The van der Waals surface area contributed by atoms with Crippen LogP contribution in [0, 0.1) is 6.92 Å². The molecule has 3 aromatic rings. The molecule has 2 aliphatic rings. The van der Waals surface area contributed by atoms with Gasteiger partial charge in [0.2, 0.25) is 0 Å². The minimum Gasteiger partial charge on any atom is -0.496 e. The highest BCUT2D eigenvalue weighted by molar-refractivity contribution is 5.88. The number of methoxy groups -OCH3 is 1. The maximum atomic E-state index is 11.4. The summed E-state index contributed by atoms with van der Waals surface area (Å²) >= 11 is 0. The van der Waals surface area contributed by atoms with Gasteiger partial charge in [0.25, 0.3) is 0 Å². The number of aryl methyl sites for hydroxylation is 1. The van der Waals surface area contributed by atoms with E-state index in [1.54, 1.807) is 18.2 Å². The van der Waals surface area contributed by atoms with Crippen LogP contribution in [0.2, 0.25) is 0 Å².